The van der Waals surface area contributed by atoms with Gasteiger partial charge in [0.2, 0.25) is 0 Å². The second-order valence-electron chi connectivity index (χ2n) is 12.0. The van der Waals surface area contributed by atoms with Crippen LogP contribution in [0, 0.1) is 17.8 Å². The quantitative estimate of drug-likeness (QED) is 0.444. The topological polar surface area (TPSA) is 34.4 Å². The monoisotopic (exact) mass is 523 g/mol. The summed E-state index contributed by atoms with van der Waals surface area (Å²) in [6.07, 6.45) is 3.46. The fourth-order valence-electron chi connectivity index (χ4n) is 7.25. The normalized spacial score (nSPS) is 29.4. The van der Waals surface area contributed by atoms with Gasteiger partial charge in [0.05, 0.1) is 0 Å². The van der Waals surface area contributed by atoms with Crippen LogP contribution in [0.25, 0.3) is 10.9 Å². The first-order valence-electron chi connectivity index (χ1n) is 12.8. The molecular weight excluding hydrogens is 485 g/mol. The van der Waals surface area contributed by atoms with Crippen LogP contribution in [0.2, 0.25) is 5.32 Å². The maximum atomic E-state index is 11.1. The molecule has 0 radical (unpaired) electrons. The van der Waals surface area contributed by atoms with Gasteiger partial charge in [-0.2, -0.15) is 0 Å². The first-order valence-corrected chi connectivity index (χ1v) is 14.9. The van der Waals surface area contributed by atoms with E-state index in [4.69, 9.17) is 4.74 Å². The molecule has 2 heterocycles. The third kappa shape index (κ3) is 3.45. The zero-order valence-corrected chi connectivity index (χ0v) is 22.8. The van der Waals surface area contributed by atoms with Crippen molar-refractivity contribution in [2.75, 3.05) is 7.11 Å². The van der Waals surface area contributed by atoms with Crippen molar-refractivity contribution < 1.29 is 9.84 Å². The summed E-state index contributed by atoms with van der Waals surface area (Å²) in [4.78, 5) is 0. The SMILES string of the molecule is COC1CC(C)(C)c2cc3c4c(ccc3n21)C[C@H](C[Se]c1ccccc1)[C@H]1C[C@H](C(C)(C)O)[C@@H]41. The Kier molecular flexibility index (Phi) is 5.35. The van der Waals surface area contributed by atoms with Crippen molar-refractivity contribution in [3.8, 4) is 0 Å². The van der Waals surface area contributed by atoms with Gasteiger partial charge in [-0.3, -0.25) is 0 Å². The Morgan fingerprint density at radius 2 is 1.91 bits per heavy atom. The molecule has 0 amide bonds. The summed E-state index contributed by atoms with van der Waals surface area (Å²) in [7, 11) is 1.84. The Balaban J connectivity index is 1.43. The number of hydrogen-bond acceptors (Lipinski definition) is 2. The number of benzene rings is 2. The van der Waals surface area contributed by atoms with E-state index < -0.39 is 5.60 Å². The summed E-state index contributed by atoms with van der Waals surface area (Å²) in [5.74, 6) is 2.18. The number of nitrogens with zero attached hydrogens (tertiary/aromatic N) is 1. The maximum absolute atomic E-state index is 11.1. The third-order valence-electron chi connectivity index (χ3n) is 9.05. The Morgan fingerprint density at radius 1 is 1.15 bits per heavy atom. The van der Waals surface area contributed by atoms with Crippen molar-refractivity contribution in [3.63, 3.8) is 0 Å². The van der Waals surface area contributed by atoms with E-state index in [0.29, 0.717) is 38.6 Å². The number of hydrogen-bond donors (Lipinski definition) is 1. The van der Waals surface area contributed by atoms with Crippen molar-refractivity contribution in [2.24, 2.45) is 17.8 Å². The van der Waals surface area contributed by atoms with Crippen molar-refractivity contribution in [1.29, 1.82) is 0 Å². The van der Waals surface area contributed by atoms with Crippen molar-refractivity contribution >= 4 is 30.3 Å². The van der Waals surface area contributed by atoms with Crippen molar-refractivity contribution in [3.05, 3.63) is 65.4 Å². The molecule has 4 heteroatoms. The molecule has 180 valence electrons. The third-order valence-corrected chi connectivity index (χ3v) is 11.6. The number of aromatic nitrogens is 1. The molecular formula is C30H37NO2Se. The van der Waals surface area contributed by atoms with Crippen molar-refractivity contribution in [2.45, 2.75) is 75.4 Å². The summed E-state index contributed by atoms with van der Waals surface area (Å²) < 4.78 is 9.89. The molecule has 0 bridgehead atoms. The van der Waals surface area contributed by atoms with Crippen LogP contribution in [0.5, 0.6) is 0 Å². The molecule has 6 rings (SSSR count). The molecule has 0 saturated heterocycles. The van der Waals surface area contributed by atoms with Crippen LogP contribution >= 0.6 is 0 Å². The van der Waals surface area contributed by atoms with Gasteiger partial charge in [0.15, 0.2) is 0 Å². The van der Waals surface area contributed by atoms with Gasteiger partial charge < -0.3 is 0 Å². The molecule has 34 heavy (non-hydrogen) atoms. The van der Waals surface area contributed by atoms with E-state index in [2.05, 4.69) is 66.9 Å². The van der Waals surface area contributed by atoms with Gasteiger partial charge >= 0.3 is 210 Å². The minimum absolute atomic E-state index is 0.104. The molecule has 2 aliphatic carbocycles. The molecule has 2 aromatic carbocycles. The van der Waals surface area contributed by atoms with Crippen LogP contribution in [-0.2, 0) is 16.6 Å². The Bertz CT molecular complexity index is 1220. The van der Waals surface area contributed by atoms with Crippen LogP contribution in [0.4, 0.5) is 0 Å². The molecule has 3 nitrogen and oxygen atoms in total. The fourth-order valence-corrected chi connectivity index (χ4v) is 9.60. The number of rotatable bonds is 5. The van der Waals surface area contributed by atoms with Crippen LogP contribution in [-0.4, -0.2) is 37.3 Å². The molecule has 1 N–H and O–H groups in total. The molecule has 3 aliphatic rings. The summed E-state index contributed by atoms with van der Waals surface area (Å²) in [5.41, 5.74) is 5.23. The second-order valence-corrected chi connectivity index (χ2v) is 14.3. The van der Waals surface area contributed by atoms with Crippen LogP contribution in [0.1, 0.15) is 69.5 Å². The Morgan fingerprint density at radius 3 is 2.62 bits per heavy atom. The van der Waals surface area contributed by atoms with E-state index in [-0.39, 0.29) is 11.6 Å². The molecule has 3 aromatic rings. The minimum atomic E-state index is -0.649. The predicted octanol–water partition coefficient (Wildman–Crippen LogP) is 5.58. The average molecular weight is 523 g/mol. The Labute approximate surface area is 210 Å². The first-order chi connectivity index (χ1) is 16.2. The van der Waals surface area contributed by atoms with E-state index >= 15 is 0 Å². The van der Waals surface area contributed by atoms with Gasteiger partial charge in [0.1, 0.15) is 0 Å². The molecule has 0 spiro atoms. The molecule has 1 aromatic heterocycles. The number of fused-ring (bicyclic) bond motifs is 7. The fraction of sp³-hybridized carbons (Fsp3) is 0.533. The van der Waals surface area contributed by atoms with Gasteiger partial charge in [-0.25, -0.2) is 0 Å². The van der Waals surface area contributed by atoms with E-state index in [1.807, 2.05) is 21.0 Å². The zero-order valence-electron chi connectivity index (χ0n) is 21.0. The van der Waals surface area contributed by atoms with E-state index in [1.165, 1.54) is 43.9 Å². The molecule has 5 atom stereocenters. The van der Waals surface area contributed by atoms with Gasteiger partial charge in [0, 0.05) is 0 Å². The molecule has 1 saturated carbocycles. The molecule has 1 aliphatic heterocycles. The predicted molar refractivity (Wildman–Crippen MR) is 140 cm³/mol. The Hall–Kier alpha value is -1.58. The molecule has 1 fully saturated rings. The standard InChI is InChI=1S/C30H37NO2Se/c1-29(2)16-26(33-5)31-24-12-11-18-13-19(17-34-20-9-7-6-8-10-20)21-14-23(30(3,4)32)28(21)27(18)22(24)15-25(29)31/h6-12,15,19,21,23,26,28,32H,13-14,16-17H2,1-5H3/t19-,21-,23+,26?,28+/m1/s1. The van der Waals surface area contributed by atoms with Crippen molar-refractivity contribution in [1.82, 2.24) is 4.57 Å². The van der Waals surface area contributed by atoms with E-state index in [1.54, 1.807) is 0 Å². The molecule has 1 unspecified atom stereocenters. The van der Waals surface area contributed by atoms with Gasteiger partial charge in [-0.15, -0.1) is 0 Å². The van der Waals surface area contributed by atoms with Crippen LogP contribution < -0.4 is 4.46 Å². The summed E-state index contributed by atoms with van der Waals surface area (Å²) >= 11 is 0.505. The van der Waals surface area contributed by atoms with E-state index in [9.17, 15) is 5.11 Å². The van der Waals surface area contributed by atoms with Gasteiger partial charge in [-0.1, -0.05) is 0 Å². The van der Waals surface area contributed by atoms with Gasteiger partial charge in [0.25, 0.3) is 0 Å². The first kappa shape index (κ1) is 22.9. The van der Waals surface area contributed by atoms with E-state index in [0.717, 1.165) is 12.8 Å². The summed E-state index contributed by atoms with van der Waals surface area (Å²) in [6, 6.07) is 18.2. The number of methoxy groups -OCH3 is 1. The van der Waals surface area contributed by atoms with Gasteiger partial charge in [-0.05, 0) is 0 Å². The number of ether oxygens (including phenoxy) is 1. The zero-order chi connectivity index (χ0) is 23.8. The average Bonchev–Trinajstić information content (AvgIpc) is 3.27. The van der Waals surface area contributed by atoms with Crippen LogP contribution in [0.3, 0.4) is 0 Å². The second kappa shape index (κ2) is 7.96. The number of aliphatic hydroxyl groups is 1. The van der Waals surface area contributed by atoms with Crippen LogP contribution in [0.15, 0.2) is 48.5 Å². The summed E-state index contributed by atoms with van der Waals surface area (Å²) in [5, 5.41) is 13.8. The summed E-state index contributed by atoms with van der Waals surface area (Å²) in [6.45, 7) is 8.73.